The molecule has 0 atom stereocenters. The summed E-state index contributed by atoms with van der Waals surface area (Å²) in [5.41, 5.74) is 2.14. The molecule has 1 aromatic rings. The van der Waals surface area contributed by atoms with Gasteiger partial charge in [-0.2, -0.15) is 17.4 Å². The van der Waals surface area contributed by atoms with Crippen LogP contribution in [0.1, 0.15) is 36.8 Å². The maximum atomic E-state index is 12.3. The van der Waals surface area contributed by atoms with Crippen molar-refractivity contribution in [3.63, 3.8) is 0 Å². The quantitative estimate of drug-likeness (QED) is 0.820. The Kier molecular flexibility index (Phi) is 6.01. The van der Waals surface area contributed by atoms with Crippen LogP contribution in [0.3, 0.4) is 0 Å². The van der Waals surface area contributed by atoms with Gasteiger partial charge in [-0.25, -0.2) is 0 Å². The maximum Gasteiger partial charge on any atom is 0.279 e. The van der Waals surface area contributed by atoms with Gasteiger partial charge in [-0.1, -0.05) is 53.0 Å². The molecule has 2 rings (SSSR count). The number of hydrogen-bond donors (Lipinski definition) is 1. The first-order chi connectivity index (χ1) is 9.62. The van der Waals surface area contributed by atoms with Gasteiger partial charge in [0.1, 0.15) is 0 Å². The van der Waals surface area contributed by atoms with Gasteiger partial charge in [-0.15, -0.1) is 0 Å². The van der Waals surface area contributed by atoms with Crippen LogP contribution in [-0.4, -0.2) is 25.8 Å². The van der Waals surface area contributed by atoms with E-state index in [1.165, 1.54) is 0 Å². The molecule has 0 spiro atoms. The Morgan fingerprint density at radius 3 is 2.40 bits per heavy atom. The number of hydrogen-bond acceptors (Lipinski definition) is 2. The van der Waals surface area contributed by atoms with Gasteiger partial charge < -0.3 is 0 Å². The van der Waals surface area contributed by atoms with Crippen molar-refractivity contribution in [3.8, 4) is 0 Å². The van der Waals surface area contributed by atoms with E-state index in [0.717, 1.165) is 42.1 Å². The summed E-state index contributed by atoms with van der Waals surface area (Å²) in [6.07, 6.45) is 4.17. The van der Waals surface area contributed by atoms with E-state index in [1.54, 1.807) is 4.31 Å². The third-order valence-corrected chi connectivity index (χ3v) is 5.71. The van der Waals surface area contributed by atoms with Gasteiger partial charge in [0.25, 0.3) is 10.2 Å². The van der Waals surface area contributed by atoms with Crippen LogP contribution >= 0.6 is 15.9 Å². The van der Waals surface area contributed by atoms with Gasteiger partial charge in [0, 0.05) is 25.0 Å². The number of halogens is 1. The molecular weight excluding hydrogens is 340 g/mol. The van der Waals surface area contributed by atoms with Gasteiger partial charge in [0.2, 0.25) is 0 Å². The Bertz CT molecular complexity index is 526. The standard InChI is InChI=1S/C14H21BrN2O2S/c15-11-13-6-5-7-14(10-13)12-16-20(18,19)17-8-3-1-2-4-9-17/h5-7,10,16H,1-4,8-9,11-12H2. The summed E-state index contributed by atoms with van der Waals surface area (Å²) in [5.74, 6) is 0. The predicted octanol–water partition coefficient (Wildman–Crippen LogP) is 2.79. The van der Waals surface area contributed by atoms with Gasteiger partial charge in [0.05, 0.1) is 0 Å². The molecule has 1 fully saturated rings. The molecule has 0 aromatic heterocycles. The summed E-state index contributed by atoms with van der Waals surface area (Å²) in [6.45, 7) is 1.62. The van der Waals surface area contributed by atoms with Crippen LogP contribution in [0.15, 0.2) is 24.3 Å². The molecule has 0 radical (unpaired) electrons. The Labute approximate surface area is 129 Å². The molecule has 6 heteroatoms. The lowest BCUT2D eigenvalue weighted by molar-refractivity contribution is 0.414. The summed E-state index contributed by atoms with van der Waals surface area (Å²) in [4.78, 5) is 0. The molecule has 1 saturated heterocycles. The Hall–Kier alpha value is -0.430. The highest BCUT2D eigenvalue weighted by molar-refractivity contribution is 9.08. The second-order valence-electron chi connectivity index (χ2n) is 5.09. The van der Waals surface area contributed by atoms with Crippen LogP contribution < -0.4 is 4.72 Å². The van der Waals surface area contributed by atoms with E-state index in [0.29, 0.717) is 19.6 Å². The monoisotopic (exact) mass is 360 g/mol. The smallest absolute Gasteiger partial charge is 0.198 e. The molecule has 0 aliphatic carbocycles. The molecule has 20 heavy (non-hydrogen) atoms. The number of nitrogens with one attached hydrogen (secondary N) is 1. The number of benzene rings is 1. The highest BCUT2D eigenvalue weighted by Crippen LogP contribution is 2.13. The summed E-state index contributed by atoms with van der Waals surface area (Å²) in [7, 11) is -3.35. The van der Waals surface area contributed by atoms with E-state index in [1.807, 2.05) is 24.3 Å². The molecule has 1 N–H and O–H groups in total. The second-order valence-corrected chi connectivity index (χ2v) is 7.41. The van der Waals surface area contributed by atoms with Crippen molar-refractivity contribution in [1.29, 1.82) is 0 Å². The first-order valence-electron chi connectivity index (χ1n) is 7.00. The Morgan fingerprint density at radius 1 is 1.10 bits per heavy atom. The van der Waals surface area contributed by atoms with Gasteiger partial charge in [-0.3, -0.25) is 0 Å². The highest BCUT2D eigenvalue weighted by atomic mass is 79.9. The van der Waals surface area contributed by atoms with E-state index in [-0.39, 0.29) is 0 Å². The number of alkyl halides is 1. The minimum atomic E-state index is -3.35. The Balaban J connectivity index is 1.97. The largest absolute Gasteiger partial charge is 0.279 e. The normalized spacial score (nSPS) is 17.9. The topological polar surface area (TPSA) is 49.4 Å². The highest BCUT2D eigenvalue weighted by Gasteiger charge is 2.22. The van der Waals surface area contributed by atoms with E-state index in [2.05, 4.69) is 20.7 Å². The van der Waals surface area contributed by atoms with Crippen LogP contribution in [0.2, 0.25) is 0 Å². The minimum absolute atomic E-state index is 0.347. The molecular formula is C14H21BrN2O2S. The average Bonchev–Trinajstić information content (AvgIpc) is 2.75. The zero-order valence-corrected chi connectivity index (χ0v) is 13.9. The molecule has 0 unspecified atom stereocenters. The van der Waals surface area contributed by atoms with E-state index < -0.39 is 10.2 Å². The predicted molar refractivity (Wildman–Crippen MR) is 84.9 cm³/mol. The molecule has 1 aromatic carbocycles. The zero-order valence-electron chi connectivity index (χ0n) is 11.5. The lowest BCUT2D eigenvalue weighted by Gasteiger charge is -2.20. The second kappa shape index (κ2) is 7.54. The van der Waals surface area contributed by atoms with E-state index in [9.17, 15) is 8.42 Å². The summed E-state index contributed by atoms with van der Waals surface area (Å²) < 4.78 is 28.8. The first-order valence-corrected chi connectivity index (χ1v) is 9.56. The lowest BCUT2D eigenvalue weighted by atomic mass is 10.1. The van der Waals surface area contributed by atoms with Gasteiger partial charge in [0.15, 0.2) is 0 Å². The summed E-state index contributed by atoms with van der Waals surface area (Å²) in [6, 6.07) is 7.92. The first kappa shape index (κ1) is 15.9. The third kappa shape index (κ3) is 4.55. The van der Waals surface area contributed by atoms with Crippen LogP contribution in [-0.2, 0) is 22.1 Å². The number of nitrogens with zero attached hydrogens (tertiary/aromatic N) is 1. The summed E-state index contributed by atoms with van der Waals surface area (Å²) >= 11 is 3.41. The van der Waals surface area contributed by atoms with Crippen LogP contribution in [0.4, 0.5) is 0 Å². The van der Waals surface area contributed by atoms with Crippen molar-refractivity contribution in [2.24, 2.45) is 0 Å². The molecule has 1 aliphatic rings. The molecule has 0 bridgehead atoms. The van der Waals surface area contributed by atoms with Crippen molar-refractivity contribution < 1.29 is 8.42 Å². The maximum absolute atomic E-state index is 12.3. The molecule has 1 heterocycles. The van der Waals surface area contributed by atoms with Crippen molar-refractivity contribution in [2.75, 3.05) is 13.1 Å². The fourth-order valence-corrected chi connectivity index (χ4v) is 3.99. The van der Waals surface area contributed by atoms with Crippen LogP contribution in [0, 0.1) is 0 Å². The lowest BCUT2D eigenvalue weighted by Crippen LogP contribution is -2.40. The van der Waals surface area contributed by atoms with Crippen LogP contribution in [0.5, 0.6) is 0 Å². The Morgan fingerprint density at radius 2 is 1.75 bits per heavy atom. The fourth-order valence-electron chi connectivity index (χ4n) is 2.37. The molecule has 4 nitrogen and oxygen atoms in total. The van der Waals surface area contributed by atoms with Crippen LogP contribution in [0.25, 0.3) is 0 Å². The van der Waals surface area contributed by atoms with Crippen molar-refractivity contribution in [3.05, 3.63) is 35.4 Å². The average molecular weight is 361 g/mol. The number of rotatable bonds is 5. The summed E-state index contributed by atoms with van der Waals surface area (Å²) in [5, 5.41) is 0.777. The molecule has 0 amide bonds. The van der Waals surface area contributed by atoms with Gasteiger partial charge >= 0.3 is 0 Å². The third-order valence-electron chi connectivity index (χ3n) is 3.51. The molecule has 112 valence electrons. The molecule has 0 saturated carbocycles. The van der Waals surface area contributed by atoms with Gasteiger partial charge in [-0.05, 0) is 24.0 Å². The van der Waals surface area contributed by atoms with Crippen molar-refractivity contribution >= 4 is 26.1 Å². The fraction of sp³-hybridized carbons (Fsp3) is 0.571. The zero-order chi connectivity index (χ0) is 14.4. The minimum Gasteiger partial charge on any atom is -0.198 e. The molecule has 1 aliphatic heterocycles. The van der Waals surface area contributed by atoms with E-state index >= 15 is 0 Å². The van der Waals surface area contributed by atoms with E-state index in [4.69, 9.17) is 0 Å². The van der Waals surface area contributed by atoms with Crippen molar-refractivity contribution in [1.82, 2.24) is 9.03 Å². The van der Waals surface area contributed by atoms with Crippen molar-refractivity contribution in [2.45, 2.75) is 37.6 Å². The SMILES string of the molecule is O=S(=O)(NCc1cccc(CBr)c1)N1CCCCCC1.